The Morgan fingerprint density at radius 2 is 1.65 bits per heavy atom. The van der Waals surface area contributed by atoms with Crippen LogP contribution in [0.4, 0.5) is 13.2 Å². The number of hydrogen-bond donors (Lipinski definition) is 2. The highest BCUT2D eigenvalue weighted by atomic mass is 32.1. The van der Waals surface area contributed by atoms with E-state index in [-0.39, 0.29) is 0 Å². The van der Waals surface area contributed by atoms with Gasteiger partial charge in [-0.3, -0.25) is 0 Å². The van der Waals surface area contributed by atoms with Crippen LogP contribution in [0.15, 0.2) is 48.5 Å². The molecule has 1 N–H and O–H groups in total. The van der Waals surface area contributed by atoms with Crippen molar-refractivity contribution in [3.63, 3.8) is 0 Å². The van der Waals surface area contributed by atoms with Crippen molar-refractivity contribution in [2.75, 3.05) is 0 Å². The summed E-state index contributed by atoms with van der Waals surface area (Å²) in [6.45, 7) is 0. The van der Waals surface area contributed by atoms with Gasteiger partial charge in [0.25, 0.3) is 0 Å². The van der Waals surface area contributed by atoms with Gasteiger partial charge in [-0.05, 0) is 35.1 Å². The zero-order chi connectivity index (χ0) is 14.8. The smallest absolute Gasteiger partial charge is 0.416 e. The Bertz CT molecular complexity index is 582. The van der Waals surface area contributed by atoms with Gasteiger partial charge in [-0.1, -0.05) is 36.4 Å². The van der Waals surface area contributed by atoms with Gasteiger partial charge in [0.2, 0.25) is 0 Å². The van der Waals surface area contributed by atoms with Gasteiger partial charge in [0.1, 0.15) is 0 Å². The lowest BCUT2D eigenvalue weighted by Gasteiger charge is -2.08. The second-order valence-corrected chi connectivity index (χ2v) is 4.98. The molecule has 0 saturated carbocycles. The molecule has 0 heterocycles. The first-order chi connectivity index (χ1) is 9.36. The third kappa shape index (κ3) is 3.80. The van der Waals surface area contributed by atoms with Gasteiger partial charge in [-0.25, -0.2) is 0 Å². The normalized spacial score (nSPS) is 11.4. The predicted molar refractivity (Wildman–Crippen MR) is 77.3 cm³/mol. The van der Waals surface area contributed by atoms with Crippen LogP contribution in [0.2, 0.25) is 0 Å². The Morgan fingerprint density at radius 3 is 2.20 bits per heavy atom. The van der Waals surface area contributed by atoms with E-state index >= 15 is 0 Å². The molecule has 0 aliphatic carbocycles. The zero-order valence-electron chi connectivity index (χ0n) is 10.4. The van der Waals surface area contributed by atoms with Crippen molar-refractivity contribution >= 4 is 24.1 Å². The van der Waals surface area contributed by atoms with Gasteiger partial charge in [0.05, 0.1) is 5.56 Å². The molecule has 0 radical (unpaired) electrons. The van der Waals surface area contributed by atoms with Crippen LogP contribution in [-0.2, 0) is 12.6 Å². The van der Waals surface area contributed by atoms with Crippen LogP contribution in [0.3, 0.4) is 0 Å². The van der Waals surface area contributed by atoms with Crippen molar-refractivity contribution in [1.82, 2.24) is 0 Å². The average Bonchev–Trinajstić information content (AvgIpc) is 2.38. The van der Waals surface area contributed by atoms with Gasteiger partial charge in [-0.2, -0.15) is 25.7 Å². The second-order valence-electron chi connectivity index (χ2n) is 4.49. The summed E-state index contributed by atoms with van der Waals surface area (Å²) in [5, 5.41) is 9.38. The van der Waals surface area contributed by atoms with Crippen LogP contribution < -0.4 is 5.46 Å². The summed E-state index contributed by atoms with van der Waals surface area (Å²) in [5.74, 6) is 0. The number of thiol groups is 1. The summed E-state index contributed by atoms with van der Waals surface area (Å²) >= 11 is 3.94. The highest BCUT2D eigenvalue weighted by molar-refractivity contribution is 8.10. The lowest BCUT2D eigenvalue weighted by Crippen LogP contribution is -2.24. The Balaban J connectivity index is 2.16. The summed E-state index contributed by atoms with van der Waals surface area (Å²) in [5.41, 5.74) is 1.71. The van der Waals surface area contributed by atoms with Crippen LogP contribution in [0, 0.1) is 0 Å². The summed E-state index contributed by atoms with van der Waals surface area (Å²) in [4.78, 5) is 0. The lowest BCUT2D eigenvalue weighted by atomic mass is 9.85. The van der Waals surface area contributed by atoms with E-state index in [9.17, 15) is 18.2 Å². The molecule has 6 heteroatoms. The van der Waals surface area contributed by atoms with Crippen molar-refractivity contribution in [1.29, 1.82) is 0 Å². The molecule has 0 amide bonds. The van der Waals surface area contributed by atoms with Crippen LogP contribution in [0.5, 0.6) is 0 Å². The van der Waals surface area contributed by atoms with E-state index in [4.69, 9.17) is 0 Å². The molecule has 0 fully saturated rings. The first-order valence-corrected chi connectivity index (χ1v) is 6.49. The van der Waals surface area contributed by atoms with E-state index in [1.165, 1.54) is 12.1 Å². The van der Waals surface area contributed by atoms with E-state index in [0.29, 0.717) is 11.9 Å². The number of halogens is 3. The van der Waals surface area contributed by atoms with E-state index in [1.807, 2.05) is 6.07 Å². The standard InChI is InChI=1S/C14H12BF3OS/c16-14(17,18)12-6-4-10(5-7-12)8-11-2-1-3-13(9-11)15(19)20/h1-7,9,19-20H,8H2. The van der Waals surface area contributed by atoms with Gasteiger partial charge in [-0.15, -0.1) is 0 Å². The molecule has 0 unspecified atom stereocenters. The molecule has 104 valence electrons. The quantitative estimate of drug-likeness (QED) is 0.659. The minimum Gasteiger partial charge on any atom is -0.438 e. The SMILES string of the molecule is OB(S)c1cccc(Cc2ccc(C(F)(F)F)cc2)c1. The van der Waals surface area contributed by atoms with Crippen molar-refractivity contribution < 1.29 is 18.2 Å². The zero-order valence-corrected chi connectivity index (χ0v) is 11.3. The molecule has 2 aromatic rings. The largest absolute Gasteiger partial charge is 0.438 e. The first kappa shape index (κ1) is 15.0. The minimum atomic E-state index is -4.31. The van der Waals surface area contributed by atoms with E-state index < -0.39 is 17.9 Å². The Kier molecular flexibility index (Phi) is 4.45. The third-order valence-corrected chi connectivity index (χ3v) is 3.24. The van der Waals surface area contributed by atoms with Crippen molar-refractivity contribution in [2.24, 2.45) is 0 Å². The summed E-state index contributed by atoms with van der Waals surface area (Å²) in [6.07, 6.45) is -4.66. The number of rotatable bonds is 3. The van der Waals surface area contributed by atoms with E-state index in [0.717, 1.165) is 23.3 Å². The lowest BCUT2D eigenvalue weighted by molar-refractivity contribution is -0.137. The van der Waals surface area contributed by atoms with Crippen molar-refractivity contribution in [3.8, 4) is 0 Å². The molecule has 0 saturated heterocycles. The maximum atomic E-state index is 12.5. The first-order valence-electron chi connectivity index (χ1n) is 5.97. The maximum absolute atomic E-state index is 12.5. The molecule has 0 atom stereocenters. The fourth-order valence-electron chi connectivity index (χ4n) is 1.91. The number of benzene rings is 2. The minimum absolute atomic E-state index is 0.506. The van der Waals surface area contributed by atoms with Gasteiger partial charge in [0, 0.05) is 0 Å². The Morgan fingerprint density at radius 1 is 1.00 bits per heavy atom. The Labute approximate surface area is 120 Å². The van der Waals surface area contributed by atoms with Crippen molar-refractivity contribution in [3.05, 3.63) is 65.2 Å². The molecule has 2 aromatic carbocycles. The molecule has 0 spiro atoms. The number of hydrogen-bond acceptors (Lipinski definition) is 2. The fourth-order valence-corrected chi connectivity index (χ4v) is 2.07. The topological polar surface area (TPSA) is 20.2 Å². The molecule has 0 aliphatic heterocycles. The average molecular weight is 296 g/mol. The van der Waals surface area contributed by atoms with E-state index in [2.05, 4.69) is 12.5 Å². The molecular formula is C14H12BF3OS. The van der Waals surface area contributed by atoms with Crippen molar-refractivity contribution in [2.45, 2.75) is 12.6 Å². The number of alkyl halides is 3. The van der Waals surface area contributed by atoms with Crippen LogP contribution in [-0.4, -0.2) is 11.2 Å². The van der Waals surface area contributed by atoms with Crippen LogP contribution >= 0.6 is 12.5 Å². The van der Waals surface area contributed by atoms with Crippen LogP contribution in [0.25, 0.3) is 0 Å². The monoisotopic (exact) mass is 296 g/mol. The van der Waals surface area contributed by atoms with E-state index in [1.54, 1.807) is 18.2 Å². The molecule has 0 bridgehead atoms. The second kappa shape index (κ2) is 5.93. The fraction of sp³-hybridized carbons (Fsp3) is 0.143. The highest BCUT2D eigenvalue weighted by Gasteiger charge is 2.29. The summed E-state index contributed by atoms with van der Waals surface area (Å²) in [7, 11) is 0. The van der Waals surface area contributed by atoms with Gasteiger partial charge in [0.15, 0.2) is 0 Å². The van der Waals surface area contributed by atoms with Crippen LogP contribution in [0.1, 0.15) is 16.7 Å². The maximum Gasteiger partial charge on any atom is 0.416 e. The molecule has 0 aliphatic rings. The molecule has 1 nitrogen and oxygen atoms in total. The molecule has 2 rings (SSSR count). The molecule has 20 heavy (non-hydrogen) atoms. The third-order valence-electron chi connectivity index (χ3n) is 2.94. The molecular weight excluding hydrogens is 284 g/mol. The van der Waals surface area contributed by atoms with Gasteiger partial charge >= 0.3 is 12.4 Å². The molecule has 0 aromatic heterocycles. The van der Waals surface area contributed by atoms with Gasteiger partial charge < -0.3 is 5.02 Å². The summed E-state index contributed by atoms with van der Waals surface area (Å²) < 4.78 is 37.4. The Hall–Kier alpha value is -1.40. The summed E-state index contributed by atoms with van der Waals surface area (Å²) in [6, 6.07) is 12.3. The predicted octanol–water partition coefficient (Wildman–Crippen LogP) is 2.91. The highest BCUT2D eigenvalue weighted by Crippen LogP contribution is 2.29.